The number of imidazole rings is 1. The SMILES string of the molecule is CCOCCCNc1nccn1Cc1ccccc1Cl. The molecule has 1 heterocycles. The van der Waals surface area contributed by atoms with Crippen LogP contribution in [-0.4, -0.2) is 29.3 Å². The highest BCUT2D eigenvalue weighted by atomic mass is 35.5. The number of nitrogens with zero attached hydrogens (tertiary/aromatic N) is 2. The highest BCUT2D eigenvalue weighted by molar-refractivity contribution is 6.31. The van der Waals surface area contributed by atoms with Crippen LogP contribution in [0.3, 0.4) is 0 Å². The molecule has 0 aliphatic carbocycles. The summed E-state index contributed by atoms with van der Waals surface area (Å²) < 4.78 is 7.37. The maximum Gasteiger partial charge on any atom is 0.203 e. The minimum atomic E-state index is 0.716. The van der Waals surface area contributed by atoms with Gasteiger partial charge in [0.2, 0.25) is 5.95 Å². The van der Waals surface area contributed by atoms with Crippen molar-refractivity contribution in [1.29, 1.82) is 0 Å². The van der Waals surface area contributed by atoms with E-state index in [1.165, 1.54) is 0 Å². The Bertz CT molecular complexity index is 527. The summed E-state index contributed by atoms with van der Waals surface area (Å²) in [5, 5.41) is 4.10. The lowest BCUT2D eigenvalue weighted by Crippen LogP contribution is -2.11. The predicted molar refractivity (Wildman–Crippen MR) is 82.4 cm³/mol. The molecule has 108 valence electrons. The summed E-state index contributed by atoms with van der Waals surface area (Å²) in [5.41, 5.74) is 1.09. The molecule has 0 bridgehead atoms. The van der Waals surface area contributed by atoms with Gasteiger partial charge in [-0.15, -0.1) is 0 Å². The van der Waals surface area contributed by atoms with E-state index >= 15 is 0 Å². The van der Waals surface area contributed by atoms with Crippen LogP contribution in [0.1, 0.15) is 18.9 Å². The molecule has 0 aliphatic rings. The number of rotatable bonds is 8. The Kier molecular flexibility index (Phi) is 5.89. The van der Waals surface area contributed by atoms with Gasteiger partial charge in [0.25, 0.3) is 0 Å². The van der Waals surface area contributed by atoms with Crippen molar-refractivity contribution < 1.29 is 4.74 Å². The molecule has 0 unspecified atom stereocenters. The molecule has 1 aromatic carbocycles. The second-order valence-corrected chi connectivity index (χ2v) is 4.85. The van der Waals surface area contributed by atoms with Crippen LogP contribution >= 0.6 is 11.6 Å². The molecule has 4 nitrogen and oxygen atoms in total. The van der Waals surface area contributed by atoms with Gasteiger partial charge in [-0.3, -0.25) is 0 Å². The fraction of sp³-hybridized carbons (Fsp3) is 0.400. The fourth-order valence-electron chi connectivity index (χ4n) is 1.93. The van der Waals surface area contributed by atoms with Gasteiger partial charge in [-0.25, -0.2) is 4.98 Å². The third-order valence-electron chi connectivity index (χ3n) is 2.97. The van der Waals surface area contributed by atoms with Crippen LogP contribution in [0.15, 0.2) is 36.7 Å². The van der Waals surface area contributed by atoms with Gasteiger partial charge in [0.1, 0.15) is 0 Å². The van der Waals surface area contributed by atoms with Gasteiger partial charge < -0.3 is 14.6 Å². The van der Waals surface area contributed by atoms with Crippen LogP contribution < -0.4 is 5.32 Å². The Morgan fingerprint density at radius 2 is 2.20 bits per heavy atom. The van der Waals surface area contributed by atoms with Crippen LogP contribution in [0.4, 0.5) is 5.95 Å². The molecular weight excluding hydrogens is 274 g/mol. The quantitative estimate of drug-likeness (QED) is 0.758. The van der Waals surface area contributed by atoms with E-state index in [0.717, 1.165) is 42.7 Å². The fourth-order valence-corrected chi connectivity index (χ4v) is 2.13. The largest absolute Gasteiger partial charge is 0.382 e. The van der Waals surface area contributed by atoms with Crippen molar-refractivity contribution in [2.45, 2.75) is 19.9 Å². The van der Waals surface area contributed by atoms with Crippen LogP contribution in [0.5, 0.6) is 0 Å². The maximum absolute atomic E-state index is 6.18. The van der Waals surface area contributed by atoms with Gasteiger partial charge in [0, 0.05) is 37.2 Å². The molecule has 20 heavy (non-hydrogen) atoms. The number of halogens is 1. The van der Waals surface area contributed by atoms with E-state index in [-0.39, 0.29) is 0 Å². The van der Waals surface area contributed by atoms with Crippen molar-refractivity contribution in [2.75, 3.05) is 25.1 Å². The van der Waals surface area contributed by atoms with E-state index in [2.05, 4.69) is 14.9 Å². The smallest absolute Gasteiger partial charge is 0.203 e. The molecule has 2 rings (SSSR count). The second-order valence-electron chi connectivity index (χ2n) is 4.45. The number of nitrogens with one attached hydrogen (secondary N) is 1. The molecule has 0 aliphatic heterocycles. The number of hydrogen-bond acceptors (Lipinski definition) is 3. The summed E-state index contributed by atoms with van der Waals surface area (Å²) in [6.07, 6.45) is 4.71. The normalized spacial score (nSPS) is 10.7. The predicted octanol–water partition coefficient (Wildman–Crippen LogP) is 3.42. The van der Waals surface area contributed by atoms with Gasteiger partial charge in [0.05, 0.1) is 6.54 Å². The van der Waals surface area contributed by atoms with Crippen LogP contribution in [0, 0.1) is 0 Å². The first-order chi connectivity index (χ1) is 9.81. The number of anilines is 1. The molecule has 1 aromatic heterocycles. The Morgan fingerprint density at radius 3 is 3.00 bits per heavy atom. The lowest BCUT2D eigenvalue weighted by molar-refractivity contribution is 0.147. The number of hydrogen-bond donors (Lipinski definition) is 1. The Balaban J connectivity index is 1.90. The van der Waals surface area contributed by atoms with E-state index in [1.807, 2.05) is 37.4 Å². The number of aromatic nitrogens is 2. The van der Waals surface area contributed by atoms with Gasteiger partial charge in [-0.1, -0.05) is 29.8 Å². The van der Waals surface area contributed by atoms with Crippen molar-refractivity contribution in [3.8, 4) is 0 Å². The van der Waals surface area contributed by atoms with E-state index in [0.29, 0.717) is 6.54 Å². The summed E-state index contributed by atoms with van der Waals surface area (Å²) in [6.45, 7) is 5.10. The van der Waals surface area contributed by atoms with Gasteiger partial charge in [-0.05, 0) is 25.0 Å². The number of benzene rings is 1. The molecule has 0 amide bonds. The highest BCUT2D eigenvalue weighted by Crippen LogP contribution is 2.17. The van der Waals surface area contributed by atoms with Crippen molar-refractivity contribution in [2.24, 2.45) is 0 Å². The Hall–Kier alpha value is -1.52. The first kappa shape index (κ1) is 14.9. The van der Waals surface area contributed by atoms with Crippen molar-refractivity contribution >= 4 is 17.5 Å². The summed E-state index contributed by atoms with van der Waals surface area (Å²) in [7, 11) is 0. The zero-order chi connectivity index (χ0) is 14.2. The standard InChI is InChI=1S/C15H20ClN3O/c1-2-20-11-5-8-17-15-18-9-10-19(15)12-13-6-3-4-7-14(13)16/h3-4,6-7,9-10H,2,5,8,11-12H2,1H3,(H,17,18). The average Bonchev–Trinajstić information content (AvgIpc) is 2.89. The first-order valence-electron chi connectivity index (χ1n) is 6.87. The summed E-state index contributed by atoms with van der Waals surface area (Å²) in [4.78, 5) is 4.33. The monoisotopic (exact) mass is 293 g/mol. The molecule has 5 heteroatoms. The van der Waals surface area contributed by atoms with E-state index in [1.54, 1.807) is 6.20 Å². The zero-order valence-corrected chi connectivity index (χ0v) is 12.4. The lowest BCUT2D eigenvalue weighted by Gasteiger charge is -2.11. The summed E-state index contributed by atoms with van der Waals surface area (Å²) in [5.74, 6) is 0.862. The summed E-state index contributed by atoms with van der Waals surface area (Å²) >= 11 is 6.18. The molecule has 0 saturated carbocycles. The Morgan fingerprint density at radius 1 is 1.35 bits per heavy atom. The molecule has 0 fully saturated rings. The van der Waals surface area contributed by atoms with Crippen LogP contribution in [-0.2, 0) is 11.3 Å². The third-order valence-corrected chi connectivity index (χ3v) is 3.34. The Labute approximate surface area is 124 Å². The molecule has 0 spiro atoms. The average molecular weight is 294 g/mol. The molecular formula is C15H20ClN3O. The molecule has 0 radical (unpaired) electrons. The van der Waals surface area contributed by atoms with E-state index in [9.17, 15) is 0 Å². The minimum Gasteiger partial charge on any atom is -0.382 e. The van der Waals surface area contributed by atoms with Crippen LogP contribution in [0.25, 0.3) is 0 Å². The van der Waals surface area contributed by atoms with E-state index < -0.39 is 0 Å². The van der Waals surface area contributed by atoms with Gasteiger partial charge >= 0.3 is 0 Å². The second kappa shape index (κ2) is 7.92. The van der Waals surface area contributed by atoms with Gasteiger partial charge in [0.15, 0.2) is 0 Å². The van der Waals surface area contributed by atoms with Crippen molar-refractivity contribution in [3.63, 3.8) is 0 Å². The van der Waals surface area contributed by atoms with E-state index in [4.69, 9.17) is 16.3 Å². The lowest BCUT2D eigenvalue weighted by atomic mass is 10.2. The molecule has 2 aromatic rings. The zero-order valence-electron chi connectivity index (χ0n) is 11.7. The third kappa shape index (κ3) is 4.25. The highest BCUT2D eigenvalue weighted by Gasteiger charge is 2.05. The topological polar surface area (TPSA) is 39.1 Å². The molecule has 1 N–H and O–H groups in total. The summed E-state index contributed by atoms with van der Waals surface area (Å²) in [6, 6.07) is 7.87. The van der Waals surface area contributed by atoms with Crippen LogP contribution in [0.2, 0.25) is 5.02 Å². The van der Waals surface area contributed by atoms with Crippen molar-refractivity contribution in [3.05, 3.63) is 47.2 Å². The number of ether oxygens (including phenoxy) is 1. The van der Waals surface area contributed by atoms with Crippen molar-refractivity contribution in [1.82, 2.24) is 9.55 Å². The van der Waals surface area contributed by atoms with Gasteiger partial charge in [-0.2, -0.15) is 0 Å². The molecule has 0 saturated heterocycles. The maximum atomic E-state index is 6.18. The molecule has 0 atom stereocenters. The minimum absolute atomic E-state index is 0.716. The first-order valence-corrected chi connectivity index (χ1v) is 7.25.